The quantitative estimate of drug-likeness (QED) is 0.349. The molecule has 6 nitrogen and oxygen atoms in total. The molecule has 0 fully saturated rings. The van der Waals surface area contributed by atoms with E-state index >= 15 is 0 Å². The molecular formula is C22H20N4O2S. The molecule has 0 aliphatic heterocycles. The fourth-order valence-corrected chi connectivity index (χ4v) is 3.82. The second-order valence-electron chi connectivity index (χ2n) is 6.79. The Balaban J connectivity index is 1.73. The molecule has 0 bridgehead atoms. The van der Waals surface area contributed by atoms with Crippen LogP contribution in [0.2, 0.25) is 0 Å². The van der Waals surface area contributed by atoms with Gasteiger partial charge in [0, 0.05) is 25.3 Å². The molecule has 4 rings (SSSR count). The Morgan fingerprint density at radius 2 is 1.93 bits per heavy atom. The first-order chi connectivity index (χ1) is 14.0. The highest BCUT2D eigenvalue weighted by molar-refractivity contribution is 7.22. The monoisotopic (exact) mass is 404 g/mol. The smallest absolute Gasteiger partial charge is 0.280 e. The minimum atomic E-state index is -0.256. The lowest BCUT2D eigenvalue weighted by Crippen LogP contribution is -2.25. The van der Waals surface area contributed by atoms with Gasteiger partial charge in [0.15, 0.2) is 0 Å². The van der Waals surface area contributed by atoms with Gasteiger partial charge in [-0.3, -0.25) is 4.79 Å². The second-order valence-corrected chi connectivity index (χ2v) is 7.79. The van der Waals surface area contributed by atoms with Gasteiger partial charge < -0.3 is 9.32 Å². The SMILES string of the molecule is Cc1ccc2nc(N(/N=C/c3ccco3)C(=O)c3ccc(N(C)C)cc3)sc2c1. The van der Waals surface area contributed by atoms with Crippen molar-refractivity contribution >= 4 is 44.5 Å². The minimum absolute atomic E-state index is 0.256. The van der Waals surface area contributed by atoms with Gasteiger partial charge in [-0.2, -0.15) is 10.1 Å². The summed E-state index contributed by atoms with van der Waals surface area (Å²) >= 11 is 1.43. The lowest BCUT2D eigenvalue weighted by atomic mass is 10.2. The molecule has 0 aliphatic rings. The standard InChI is InChI=1S/C22H20N4O2S/c1-15-6-11-19-20(13-15)29-22(24-19)26(23-14-18-5-4-12-28-18)21(27)16-7-9-17(10-8-16)25(2)3/h4-14H,1-3H3/b23-14+. The highest BCUT2D eigenvalue weighted by Crippen LogP contribution is 2.31. The van der Waals surface area contributed by atoms with Crippen LogP contribution < -0.4 is 9.91 Å². The van der Waals surface area contributed by atoms with E-state index in [2.05, 4.69) is 16.2 Å². The third kappa shape index (κ3) is 4.05. The van der Waals surface area contributed by atoms with E-state index in [4.69, 9.17) is 4.42 Å². The molecule has 2 aromatic heterocycles. The fraction of sp³-hybridized carbons (Fsp3) is 0.136. The first-order valence-electron chi connectivity index (χ1n) is 9.08. The predicted molar refractivity (Wildman–Crippen MR) is 118 cm³/mol. The average Bonchev–Trinajstić information content (AvgIpc) is 3.37. The van der Waals surface area contributed by atoms with E-state index in [1.54, 1.807) is 30.5 Å². The molecule has 0 saturated carbocycles. The Morgan fingerprint density at radius 1 is 1.14 bits per heavy atom. The molecule has 0 N–H and O–H groups in total. The molecule has 0 aliphatic carbocycles. The molecule has 0 unspecified atom stereocenters. The van der Waals surface area contributed by atoms with Crippen LogP contribution in [0.5, 0.6) is 0 Å². The van der Waals surface area contributed by atoms with Crippen molar-refractivity contribution < 1.29 is 9.21 Å². The van der Waals surface area contributed by atoms with Crippen LogP contribution in [0.4, 0.5) is 10.8 Å². The number of aromatic nitrogens is 1. The molecular weight excluding hydrogens is 384 g/mol. The second kappa shape index (κ2) is 7.89. The number of nitrogens with zero attached hydrogens (tertiary/aromatic N) is 4. The van der Waals surface area contributed by atoms with Crippen molar-refractivity contribution in [1.82, 2.24) is 4.98 Å². The van der Waals surface area contributed by atoms with Crippen LogP contribution in [0.3, 0.4) is 0 Å². The number of hydrogen-bond donors (Lipinski definition) is 0. The zero-order valence-corrected chi connectivity index (χ0v) is 17.2. The van der Waals surface area contributed by atoms with Gasteiger partial charge in [-0.25, -0.2) is 4.98 Å². The average molecular weight is 404 g/mol. The van der Waals surface area contributed by atoms with Crippen molar-refractivity contribution in [1.29, 1.82) is 0 Å². The normalized spacial score (nSPS) is 11.3. The van der Waals surface area contributed by atoms with Crippen molar-refractivity contribution in [2.24, 2.45) is 5.10 Å². The highest BCUT2D eigenvalue weighted by atomic mass is 32.1. The number of hydrazone groups is 1. The van der Waals surface area contributed by atoms with Crippen molar-refractivity contribution in [3.8, 4) is 0 Å². The van der Waals surface area contributed by atoms with Crippen LogP contribution in [-0.4, -0.2) is 31.2 Å². The maximum Gasteiger partial charge on any atom is 0.280 e. The summed E-state index contributed by atoms with van der Waals surface area (Å²) in [5.74, 6) is 0.302. The highest BCUT2D eigenvalue weighted by Gasteiger charge is 2.21. The van der Waals surface area contributed by atoms with Gasteiger partial charge in [0.2, 0.25) is 5.13 Å². The summed E-state index contributed by atoms with van der Waals surface area (Å²) in [6, 6.07) is 17.0. The third-order valence-electron chi connectivity index (χ3n) is 4.38. The van der Waals surface area contributed by atoms with Gasteiger partial charge in [0.05, 0.1) is 22.7 Å². The first kappa shape index (κ1) is 18.9. The number of hydrogen-bond acceptors (Lipinski definition) is 6. The number of fused-ring (bicyclic) bond motifs is 1. The Morgan fingerprint density at radius 3 is 2.62 bits per heavy atom. The van der Waals surface area contributed by atoms with Crippen LogP contribution in [0.1, 0.15) is 21.7 Å². The molecule has 1 amide bonds. The number of thiazole rings is 1. The van der Waals surface area contributed by atoms with Crippen LogP contribution >= 0.6 is 11.3 Å². The Labute approximate surface area is 172 Å². The zero-order valence-electron chi connectivity index (χ0n) is 16.4. The molecule has 29 heavy (non-hydrogen) atoms. The van der Waals surface area contributed by atoms with Gasteiger partial charge >= 0.3 is 0 Å². The van der Waals surface area contributed by atoms with Gasteiger partial charge in [0.1, 0.15) is 5.76 Å². The Kier molecular flexibility index (Phi) is 5.14. The number of amides is 1. The molecule has 0 saturated heterocycles. The van der Waals surface area contributed by atoms with Crippen molar-refractivity contribution in [2.45, 2.75) is 6.92 Å². The zero-order chi connectivity index (χ0) is 20.4. The minimum Gasteiger partial charge on any atom is -0.463 e. The van der Waals surface area contributed by atoms with Crippen molar-refractivity contribution in [2.75, 3.05) is 24.0 Å². The largest absolute Gasteiger partial charge is 0.463 e. The number of carbonyl (C=O) groups excluding carboxylic acids is 1. The maximum absolute atomic E-state index is 13.3. The molecule has 2 heterocycles. The van der Waals surface area contributed by atoms with Gasteiger partial charge in [-0.1, -0.05) is 17.4 Å². The Bertz CT molecular complexity index is 1160. The number of rotatable bonds is 5. The molecule has 0 atom stereocenters. The van der Waals surface area contributed by atoms with E-state index in [0.717, 1.165) is 21.5 Å². The van der Waals surface area contributed by atoms with Crippen LogP contribution in [-0.2, 0) is 0 Å². The van der Waals surface area contributed by atoms with Crippen molar-refractivity contribution in [3.63, 3.8) is 0 Å². The van der Waals surface area contributed by atoms with Crippen molar-refractivity contribution in [3.05, 3.63) is 77.7 Å². The number of benzene rings is 2. The molecule has 2 aromatic carbocycles. The number of carbonyl (C=O) groups is 1. The maximum atomic E-state index is 13.3. The molecule has 146 valence electrons. The summed E-state index contributed by atoms with van der Waals surface area (Å²) in [5.41, 5.74) is 3.53. The van der Waals surface area contributed by atoms with Crippen LogP contribution in [0.25, 0.3) is 10.2 Å². The first-order valence-corrected chi connectivity index (χ1v) is 9.89. The van der Waals surface area contributed by atoms with Gasteiger partial charge in [0.25, 0.3) is 5.91 Å². The summed E-state index contributed by atoms with van der Waals surface area (Å²) < 4.78 is 6.32. The van der Waals surface area contributed by atoms with Crippen LogP contribution in [0.15, 0.2) is 70.4 Å². The summed E-state index contributed by atoms with van der Waals surface area (Å²) in [5, 5.41) is 6.23. The third-order valence-corrected chi connectivity index (χ3v) is 5.37. The Hall–Kier alpha value is -3.45. The molecule has 0 radical (unpaired) electrons. The summed E-state index contributed by atoms with van der Waals surface area (Å²) in [6.07, 6.45) is 3.08. The lowest BCUT2D eigenvalue weighted by Gasteiger charge is -2.15. The van der Waals surface area contributed by atoms with E-state index in [1.807, 2.05) is 50.2 Å². The van der Waals surface area contributed by atoms with E-state index in [9.17, 15) is 4.79 Å². The predicted octanol–water partition coefficient (Wildman–Crippen LogP) is 4.94. The van der Waals surface area contributed by atoms with Gasteiger partial charge in [-0.05, 0) is 61.0 Å². The molecule has 0 spiro atoms. The topological polar surface area (TPSA) is 61.9 Å². The molecule has 4 aromatic rings. The summed E-state index contributed by atoms with van der Waals surface area (Å²) in [7, 11) is 3.92. The summed E-state index contributed by atoms with van der Waals surface area (Å²) in [6.45, 7) is 2.03. The lowest BCUT2D eigenvalue weighted by molar-refractivity contribution is 0.0988. The van der Waals surface area contributed by atoms with Crippen LogP contribution in [0, 0.1) is 6.92 Å². The number of anilines is 2. The number of furan rings is 1. The van der Waals surface area contributed by atoms with E-state index in [-0.39, 0.29) is 5.91 Å². The van der Waals surface area contributed by atoms with E-state index in [1.165, 1.54) is 22.6 Å². The number of aryl methyl sites for hydroxylation is 1. The molecule has 7 heteroatoms. The van der Waals surface area contributed by atoms with E-state index < -0.39 is 0 Å². The van der Waals surface area contributed by atoms with E-state index in [0.29, 0.717) is 16.5 Å². The summed E-state index contributed by atoms with van der Waals surface area (Å²) in [4.78, 5) is 19.9. The van der Waals surface area contributed by atoms with Gasteiger partial charge in [-0.15, -0.1) is 0 Å². The fourth-order valence-electron chi connectivity index (χ4n) is 2.80.